The fraction of sp³-hybridized carbons (Fsp3) is 0.176. The molecule has 1 N–H and O–H groups in total. The van der Waals surface area contributed by atoms with Gasteiger partial charge >= 0.3 is 0 Å². The number of nitrogens with one attached hydrogen (secondary N) is 1. The lowest BCUT2D eigenvalue weighted by Crippen LogP contribution is -1.99. The molecule has 23 heavy (non-hydrogen) atoms. The SMILES string of the molecule is c1cc(CCc2ccc(Cc3nn[nH]n3)cc2)n2cncc2c1. The minimum atomic E-state index is 0.700. The number of fused-ring (bicyclic) bond motifs is 1. The third-order valence-corrected chi connectivity index (χ3v) is 3.98. The molecule has 0 atom stereocenters. The molecule has 0 radical (unpaired) electrons. The third-order valence-electron chi connectivity index (χ3n) is 3.98. The van der Waals surface area contributed by atoms with Crippen LogP contribution < -0.4 is 0 Å². The Hall–Kier alpha value is -3.02. The summed E-state index contributed by atoms with van der Waals surface area (Å²) in [6.07, 6.45) is 6.44. The molecule has 4 rings (SSSR count). The summed E-state index contributed by atoms with van der Waals surface area (Å²) in [6.45, 7) is 0. The number of imidazole rings is 1. The minimum absolute atomic E-state index is 0.700. The molecule has 0 saturated carbocycles. The summed E-state index contributed by atoms with van der Waals surface area (Å²) in [5.41, 5.74) is 4.92. The number of nitrogens with zero attached hydrogens (tertiary/aromatic N) is 5. The maximum Gasteiger partial charge on any atom is 0.178 e. The summed E-state index contributed by atoms with van der Waals surface area (Å²) in [5.74, 6) is 0.713. The van der Waals surface area contributed by atoms with Crippen LogP contribution in [0, 0.1) is 0 Å². The normalized spacial score (nSPS) is 11.1. The number of aromatic nitrogens is 6. The van der Waals surface area contributed by atoms with E-state index in [0.29, 0.717) is 12.2 Å². The number of hydrogen-bond donors (Lipinski definition) is 1. The predicted octanol–water partition coefficient (Wildman–Crippen LogP) is 2.22. The molecule has 6 heteroatoms. The van der Waals surface area contributed by atoms with Crippen LogP contribution in [0.3, 0.4) is 0 Å². The van der Waals surface area contributed by atoms with Crippen LogP contribution in [0.5, 0.6) is 0 Å². The van der Waals surface area contributed by atoms with Crippen LogP contribution in [0.15, 0.2) is 55.0 Å². The maximum atomic E-state index is 4.21. The Morgan fingerprint density at radius 2 is 1.83 bits per heavy atom. The van der Waals surface area contributed by atoms with Gasteiger partial charge in [-0.15, -0.1) is 10.2 Å². The van der Waals surface area contributed by atoms with E-state index in [1.807, 2.05) is 12.5 Å². The van der Waals surface area contributed by atoms with Gasteiger partial charge in [0.25, 0.3) is 0 Å². The molecule has 4 aromatic rings. The fourth-order valence-corrected chi connectivity index (χ4v) is 2.75. The van der Waals surface area contributed by atoms with E-state index in [2.05, 4.69) is 72.5 Å². The second-order valence-electron chi connectivity index (χ2n) is 5.53. The van der Waals surface area contributed by atoms with Gasteiger partial charge in [-0.25, -0.2) is 4.98 Å². The number of rotatable bonds is 5. The molecule has 0 aliphatic rings. The molecular weight excluding hydrogens is 288 g/mol. The Morgan fingerprint density at radius 1 is 0.957 bits per heavy atom. The topological polar surface area (TPSA) is 71.8 Å². The Kier molecular flexibility index (Phi) is 3.56. The molecule has 0 fully saturated rings. The van der Waals surface area contributed by atoms with Crippen molar-refractivity contribution in [1.82, 2.24) is 30.0 Å². The van der Waals surface area contributed by atoms with Crippen LogP contribution in [0.1, 0.15) is 22.6 Å². The molecule has 0 unspecified atom stereocenters. The van der Waals surface area contributed by atoms with Crippen LogP contribution in [0.4, 0.5) is 0 Å². The van der Waals surface area contributed by atoms with Crippen molar-refractivity contribution in [3.63, 3.8) is 0 Å². The second-order valence-corrected chi connectivity index (χ2v) is 5.53. The largest absolute Gasteiger partial charge is 0.303 e. The van der Waals surface area contributed by atoms with Crippen LogP contribution in [-0.4, -0.2) is 30.0 Å². The first-order valence-electron chi connectivity index (χ1n) is 7.58. The highest BCUT2D eigenvalue weighted by atomic mass is 15.5. The highest BCUT2D eigenvalue weighted by molar-refractivity contribution is 5.45. The zero-order valence-electron chi connectivity index (χ0n) is 12.6. The summed E-state index contributed by atoms with van der Waals surface area (Å²) in [6, 6.07) is 14.9. The predicted molar refractivity (Wildman–Crippen MR) is 86.0 cm³/mol. The van der Waals surface area contributed by atoms with E-state index < -0.39 is 0 Å². The van der Waals surface area contributed by atoms with Gasteiger partial charge in [0.05, 0.1) is 18.0 Å². The summed E-state index contributed by atoms with van der Waals surface area (Å²) in [5, 5.41) is 14.0. The second kappa shape index (κ2) is 6.00. The van der Waals surface area contributed by atoms with E-state index in [4.69, 9.17) is 0 Å². The van der Waals surface area contributed by atoms with Gasteiger partial charge in [0.15, 0.2) is 5.82 Å². The Labute approximate surface area is 133 Å². The monoisotopic (exact) mass is 304 g/mol. The number of aryl methyl sites for hydroxylation is 2. The summed E-state index contributed by atoms with van der Waals surface area (Å²) in [4.78, 5) is 4.21. The lowest BCUT2D eigenvalue weighted by molar-refractivity contribution is 0.881. The first kappa shape index (κ1) is 13.6. The molecule has 0 bridgehead atoms. The number of H-pyrrole nitrogens is 1. The number of hydrogen-bond acceptors (Lipinski definition) is 4. The van der Waals surface area contributed by atoms with Crippen molar-refractivity contribution in [3.8, 4) is 0 Å². The summed E-state index contributed by atoms with van der Waals surface area (Å²) in [7, 11) is 0. The quantitative estimate of drug-likeness (QED) is 0.613. The number of pyridine rings is 1. The van der Waals surface area contributed by atoms with Crippen LogP contribution >= 0.6 is 0 Å². The zero-order valence-corrected chi connectivity index (χ0v) is 12.6. The highest BCUT2D eigenvalue weighted by Gasteiger charge is 2.03. The number of aromatic amines is 1. The van der Waals surface area contributed by atoms with Crippen molar-refractivity contribution in [3.05, 3.63) is 77.6 Å². The molecule has 0 amide bonds. The molecule has 3 aromatic heterocycles. The summed E-state index contributed by atoms with van der Waals surface area (Å²) < 4.78 is 2.14. The van der Waals surface area contributed by atoms with Gasteiger partial charge in [-0.2, -0.15) is 5.21 Å². The van der Waals surface area contributed by atoms with E-state index in [1.54, 1.807) is 0 Å². The molecular formula is C17H16N6. The van der Waals surface area contributed by atoms with Crippen LogP contribution in [0.25, 0.3) is 5.52 Å². The van der Waals surface area contributed by atoms with Gasteiger partial charge in [-0.1, -0.05) is 35.5 Å². The van der Waals surface area contributed by atoms with Crippen molar-refractivity contribution in [2.45, 2.75) is 19.3 Å². The molecule has 3 heterocycles. The molecule has 1 aromatic carbocycles. The standard InChI is InChI=1S/C17H16N6/c1-2-15(23-12-18-11-16(23)3-1)9-8-13-4-6-14(7-5-13)10-17-19-21-22-20-17/h1-7,11-12H,8-10H2,(H,19,20,21,22). The first-order valence-corrected chi connectivity index (χ1v) is 7.58. The van der Waals surface area contributed by atoms with Crippen molar-refractivity contribution >= 4 is 5.52 Å². The Morgan fingerprint density at radius 3 is 2.65 bits per heavy atom. The molecule has 114 valence electrons. The van der Waals surface area contributed by atoms with E-state index in [9.17, 15) is 0 Å². The molecule has 0 aliphatic heterocycles. The highest BCUT2D eigenvalue weighted by Crippen LogP contribution is 2.12. The minimum Gasteiger partial charge on any atom is -0.303 e. The van der Waals surface area contributed by atoms with Crippen molar-refractivity contribution in [1.29, 1.82) is 0 Å². The van der Waals surface area contributed by atoms with Crippen molar-refractivity contribution in [2.24, 2.45) is 0 Å². The van der Waals surface area contributed by atoms with Gasteiger partial charge in [-0.3, -0.25) is 0 Å². The van der Waals surface area contributed by atoms with Gasteiger partial charge in [-0.05, 0) is 36.1 Å². The molecule has 0 saturated heterocycles. The average Bonchev–Trinajstić information content (AvgIpc) is 3.25. The third kappa shape index (κ3) is 2.96. The Balaban J connectivity index is 1.44. The summed E-state index contributed by atoms with van der Waals surface area (Å²) >= 11 is 0. The number of tetrazole rings is 1. The zero-order chi connectivity index (χ0) is 15.5. The molecule has 0 aliphatic carbocycles. The number of benzene rings is 1. The van der Waals surface area contributed by atoms with Crippen molar-refractivity contribution < 1.29 is 0 Å². The maximum absolute atomic E-state index is 4.21. The van der Waals surface area contributed by atoms with E-state index in [0.717, 1.165) is 18.4 Å². The van der Waals surface area contributed by atoms with E-state index in [-0.39, 0.29) is 0 Å². The lowest BCUT2D eigenvalue weighted by atomic mass is 10.0. The molecule has 6 nitrogen and oxygen atoms in total. The van der Waals surface area contributed by atoms with Crippen molar-refractivity contribution in [2.75, 3.05) is 0 Å². The van der Waals surface area contributed by atoms with Crippen LogP contribution in [0.2, 0.25) is 0 Å². The van der Waals surface area contributed by atoms with Gasteiger partial charge in [0.1, 0.15) is 0 Å². The van der Waals surface area contributed by atoms with Gasteiger partial charge < -0.3 is 4.40 Å². The van der Waals surface area contributed by atoms with Crippen LogP contribution in [-0.2, 0) is 19.3 Å². The van der Waals surface area contributed by atoms with Gasteiger partial charge in [0, 0.05) is 12.1 Å². The first-order chi connectivity index (χ1) is 11.4. The van der Waals surface area contributed by atoms with E-state index >= 15 is 0 Å². The van der Waals surface area contributed by atoms with Gasteiger partial charge in [0.2, 0.25) is 0 Å². The fourth-order valence-electron chi connectivity index (χ4n) is 2.75. The molecule has 0 spiro atoms. The smallest absolute Gasteiger partial charge is 0.178 e. The average molecular weight is 304 g/mol. The lowest BCUT2D eigenvalue weighted by Gasteiger charge is -2.06. The van der Waals surface area contributed by atoms with E-state index in [1.165, 1.54) is 16.8 Å². The Bertz CT molecular complexity index is 892.